The van der Waals surface area contributed by atoms with Gasteiger partial charge in [-0.05, 0) is 36.6 Å². The van der Waals surface area contributed by atoms with Gasteiger partial charge in [0.05, 0.1) is 19.0 Å². The molecule has 2 fully saturated rings. The number of nitrogens with one attached hydrogen (secondary N) is 3. The number of benzene rings is 2. The predicted octanol–water partition coefficient (Wildman–Crippen LogP) is 3.99. The van der Waals surface area contributed by atoms with E-state index in [2.05, 4.69) is 41.2 Å². The summed E-state index contributed by atoms with van der Waals surface area (Å²) in [6, 6.07) is 14.0. The van der Waals surface area contributed by atoms with Crippen LogP contribution in [-0.4, -0.2) is 86.9 Å². The number of piperidine rings is 1. The highest BCUT2D eigenvalue weighted by Gasteiger charge is 2.28. The first-order valence-corrected chi connectivity index (χ1v) is 15.7. The van der Waals surface area contributed by atoms with Crippen LogP contribution in [0.3, 0.4) is 0 Å². The Kier molecular flexibility index (Phi) is 10.3. The lowest BCUT2D eigenvalue weighted by atomic mass is 10.0. The molecule has 5 rings (SSSR count). The molecule has 3 aromatic rings. The molecule has 4 N–H and O–H groups in total. The summed E-state index contributed by atoms with van der Waals surface area (Å²) in [5.74, 6) is 1.55. The molecule has 0 saturated carbocycles. The molecule has 1 unspecified atom stereocenters. The van der Waals surface area contributed by atoms with Crippen molar-refractivity contribution in [2.45, 2.75) is 32.4 Å². The topological polar surface area (TPSA) is 135 Å². The van der Waals surface area contributed by atoms with Gasteiger partial charge in [0.2, 0.25) is 23.1 Å². The number of amides is 1. The van der Waals surface area contributed by atoms with Crippen LogP contribution in [-0.2, 0) is 22.6 Å². The molecular formula is C29H37ClN8O4S. The normalized spacial score (nSPS) is 17.0. The molecule has 1 atom stereocenters. The molecule has 1 aromatic heterocycles. The van der Waals surface area contributed by atoms with Gasteiger partial charge in [-0.3, -0.25) is 14.2 Å². The van der Waals surface area contributed by atoms with Gasteiger partial charge < -0.3 is 25.2 Å². The van der Waals surface area contributed by atoms with Gasteiger partial charge in [0.1, 0.15) is 10.8 Å². The summed E-state index contributed by atoms with van der Waals surface area (Å²) in [6.07, 6.45) is 3.66. The highest BCUT2D eigenvalue weighted by molar-refractivity contribution is 7.77. The number of nitrogens with zero attached hydrogens (tertiary/aromatic N) is 5. The largest absolute Gasteiger partial charge is 0.494 e. The number of methoxy groups -OCH3 is 1. The maximum atomic E-state index is 11.7. The molecule has 2 aromatic carbocycles. The SMILES string of the molecule is COc1cc(N2CCC(N3CCN(C(C)=O)CC3)CC2)ccc1Nc1ncc(Cl)c(Nc2ccccc2CNS(=O)O)n1. The van der Waals surface area contributed by atoms with Gasteiger partial charge in [-0.2, -0.15) is 4.98 Å². The smallest absolute Gasteiger partial charge is 0.232 e. The third-order valence-electron chi connectivity index (χ3n) is 7.94. The number of ether oxygens (including phenoxy) is 1. The molecule has 14 heteroatoms. The van der Waals surface area contributed by atoms with Gasteiger partial charge in [0.15, 0.2) is 5.82 Å². The van der Waals surface area contributed by atoms with Crippen molar-refractivity contribution in [3.05, 3.63) is 59.2 Å². The second kappa shape index (κ2) is 14.3. The first-order valence-electron chi connectivity index (χ1n) is 14.2. The molecule has 43 heavy (non-hydrogen) atoms. The monoisotopic (exact) mass is 628 g/mol. The van der Waals surface area contributed by atoms with E-state index in [1.165, 1.54) is 6.20 Å². The lowest BCUT2D eigenvalue weighted by Gasteiger charge is -2.43. The van der Waals surface area contributed by atoms with Crippen molar-refractivity contribution in [3.8, 4) is 5.75 Å². The van der Waals surface area contributed by atoms with Crippen LogP contribution in [0.5, 0.6) is 5.75 Å². The maximum absolute atomic E-state index is 11.7. The van der Waals surface area contributed by atoms with E-state index in [-0.39, 0.29) is 12.5 Å². The average Bonchev–Trinajstić information content (AvgIpc) is 3.02. The first kappa shape index (κ1) is 31.0. The van der Waals surface area contributed by atoms with Gasteiger partial charge >= 0.3 is 0 Å². The molecule has 0 aliphatic carbocycles. The van der Waals surface area contributed by atoms with Gasteiger partial charge in [-0.15, -0.1) is 0 Å². The van der Waals surface area contributed by atoms with Gasteiger partial charge in [-0.25, -0.2) is 13.9 Å². The second-order valence-electron chi connectivity index (χ2n) is 10.5. The number of para-hydroxylation sites is 1. The van der Waals surface area contributed by atoms with Crippen LogP contribution < -0.4 is 25.0 Å². The Morgan fingerprint density at radius 3 is 2.51 bits per heavy atom. The molecule has 0 spiro atoms. The van der Waals surface area contributed by atoms with Crippen molar-refractivity contribution in [2.75, 3.05) is 61.9 Å². The van der Waals surface area contributed by atoms with E-state index in [9.17, 15) is 9.00 Å². The maximum Gasteiger partial charge on any atom is 0.232 e. The van der Waals surface area contributed by atoms with Crippen LogP contribution in [0.25, 0.3) is 0 Å². The molecule has 2 aliphatic heterocycles. The van der Waals surface area contributed by atoms with Gasteiger partial charge in [0, 0.05) is 76.2 Å². The van der Waals surface area contributed by atoms with Crippen molar-refractivity contribution in [2.24, 2.45) is 0 Å². The van der Waals surface area contributed by atoms with Crippen molar-refractivity contribution >= 4 is 57.6 Å². The average molecular weight is 629 g/mol. The van der Waals surface area contributed by atoms with Crippen molar-refractivity contribution in [1.29, 1.82) is 0 Å². The van der Waals surface area contributed by atoms with E-state index in [4.69, 9.17) is 20.9 Å². The number of aromatic nitrogens is 2. The van der Waals surface area contributed by atoms with E-state index >= 15 is 0 Å². The standard InChI is InChI=1S/C29H37ClN8O4S/c1-20(39)36-13-15-38(16-14-36)22-9-11-37(12-10-22)23-7-8-26(27(17-23)42-2)34-29-31-19-24(30)28(35-29)33-25-6-4-3-5-21(25)18-32-43(40)41/h3-8,17,19,22,32H,9-16,18H2,1-2H3,(H,40,41)(H2,31,33,34,35). The summed E-state index contributed by atoms with van der Waals surface area (Å²) in [6.45, 7) is 7.24. The Hall–Kier alpha value is -3.49. The fourth-order valence-corrected chi connectivity index (χ4v) is 5.99. The second-order valence-corrected chi connectivity index (χ2v) is 11.7. The fraction of sp³-hybridized carbons (Fsp3) is 0.414. The van der Waals surface area contributed by atoms with Crippen LogP contribution in [0.4, 0.5) is 28.8 Å². The van der Waals surface area contributed by atoms with Gasteiger partial charge in [-0.1, -0.05) is 29.8 Å². The quantitative estimate of drug-likeness (QED) is 0.244. The predicted molar refractivity (Wildman–Crippen MR) is 170 cm³/mol. The number of anilines is 5. The zero-order chi connectivity index (χ0) is 30.3. The van der Waals surface area contributed by atoms with E-state index in [0.717, 1.165) is 63.4 Å². The zero-order valence-electron chi connectivity index (χ0n) is 24.3. The molecule has 0 bridgehead atoms. The molecule has 0 radical (unpaired) electrons. The molecular weight excluding hydrogens is 592 g/mol. The van der Waals surface area contributed by atoms with Crippen molar-refractivity contribution in [3.63, 3.8) is 0 Å². The Morgan fingerprint density at radius 1 is 1.07 bits per heavy atom. The van der Waals surface area contributed by atoms with Gasteiger partial charge in [0.25, 0.3) is 0 Å². The lowest BCUT2D eigenvalue weighted by molar-refractivity contribution is -0.130. The van der Waals surface area contributed by atoms with Crippen LogP contribution in [0.1, 0.15) is 25.3 Å². The molecule has 2 aliphatic rings. The molecule has 230 valence electrons. The third kappa shape index (κ3) is 7.92. The molecule has 12 nitrogen and oxygen atoms in total. The number of piperazine rings is 1. The summed E-state index contributed by atoms with van der Waals surface area (Å²) in [5, 5.41) is 6.77. The third-order valence-corrected chi connectivity index (χ3v) is 8.61. The summed E-state index contributed by atoms with van der Waals surface area (Å²) < 4.78 is 28.4. The number of carbonyl (C=O) groups excluding carboxylic acids is 1. The van der Waals surface area contributed by atoms with E-state index in [0.29, 0.717) is 40.0 Å². The Balaban J connectivity index is 1.22. The number of hydrogen-bond acceptors (Lipinski definition) is 9. The summed E-state index contributed by atoms with van der Waals surface area (Å²) in [4.78, 5) is 27.4. The minimum absolute atomic E-state index is 0.163. The Morgan fingerprint density at radius 2 is 1.81 bits per heavy atom. The number of rotatable bonds is 10. The Labute approximate surface area is 259 Å². The van der Waals surface area contributed by atoms with E-state index in [1.807, 2.05) is 41.3 Å². The van der Waals surface area contributed by atoms with E-state index < -0.39 is 11.3 Å². The Bertz CT molecular complexity index is 1450. The van der Waals surface area contributed by atoms with E-state index in [1.54, 1.807) is 14.0 Å². The minimum atomic E-state index is -2.13. The number of halogens is 1. The fourth-order valence-electron chi connectivity index (χ4n) is 5.57. The zero-order valence-corrected chi connectivity index (χ0v) is 25.8. The molecule has 2 saturated heterocycles. The number of carbonyl (C=O) groups is 1. The van der Waals surface area contributed by atoms with Crippen LogP contribution >= 0.6 is 11.6 Å². The van der Waals surface area contributed by atoms with Crippen molar-refractivity contribution in [1.82, 2.24) is 24.5 Å². The summed E-state index contributed by atoms with van der Waals surface area (Å²) in [5.41, 5.74) is 3.27. The highest BCUT2D eigenvalue weighted by Crippen LogP contribution is 2.34. The van der Waals surface area contributed by atoms with Crippen LogP contribution in [0.15, 0.2) is 48.7 Å². The lowest BCUT2D eigenvalue weighted by Crippen LogP contribution is -2.54. The minimum Gasteiger partial charge on any atom is -0.494 e. The first-order chi connectivity index (χ1) is 20.8. The summed E-state index contributed by atoms with van der Waals surface area (Å²) >= 11 is 4.27. The highest BCUT2D eigenvalue weighted by atomic mass is 35.5. The number of hydrogen-bond donors (Lipinski definition) is 4. The molecule has 3 heterocycles. The van der Waals surface area contributed by atoms with Crippen LogP contribution in [0.2, 0.25) is 5.02 Å². The van der Waals surface area contributed by atoms with Crippen molar-refractivity contribution < 1.29 is 18.3 Å². The summed E-state index contributed by atoms with van der Waals surface area (Å²) in [7, 11) is 1.64. The van der Waals surface area contributed by atoms with Crippen LogP contribution in [0, 0.1) is 0 Å². The molecule has 1 amide bonds.